The van der Waals surface area contributed by atoms with E-state index in [0.29, 0.717) is 12.3 Å². The first-order valence-electron chi connectivity index (χ1n) is 10.7. The van der Waals surface area contributed by atoms with Crippen molar-refractivity contribution in [3.05, 3.63) is 66.9 Å². The number of benzene rings is 2. The molecule has 0 spiro atoms. The SMILES string of the molecule is CCC(=O)NCC1CCN(c2cnc(-c3ccccc3)c(-c3ccccc3)n2)CC1. The molecule has 5 nitrogen and oxygen atoms in total. The van der Waals surface area contributed by atoms with Gasteiger partial charge in [0.1, 0.15) is 5.82 Å². The fraction of sp³-hybridized carbons (Fsp3) is 0.320. The largest absolute Gasteiger partial charge is 0.356 e. The molecule has 4 rings (SSSR count). The standard InChI is InChI=1S/C25H28N4O/c1-2-23(30)26-17-19-13-15-29(16-14-19)22-18-27-24(20-9-5-3-6-10-20)25(28-22)21-11-7-4-8-12-21/h3-12,18-19H,2,13-17H2,1H3,(H,26,30). The number of hydrogen-bond donors (Lipinski definition) is 1. The summed E-state index contributed by atoms with van der Waals surface area (Å²) in [4.78, 5) is 23.7. The van der Waals surface area contributed by atoms with Gasteiger partial charge in [-0.2, -0.15) is 0 Å². The van der Waals surface area contributed by atoms with Gasteiger partial charge in [0.15, 0.2) is 0 Å². The smallest absolute Gasteiger partial charge is 0.219 e. The molecule has 1 aromatic heterocycles. The molecule has 0 saturated carbocycles. The van der Waals surface area contributed by atoms with Gasteiger partial charge in [-0.3, -0.25) is 9.78 Å². The molecule has 0 atom stereocenters. The lowest BCUT2D eigenvalue weighted by molar-refractivity contribution is -0.120. The third kappa shape index (κ3) is 4.67. The second kappa shape index (κ2) is 9.53. The lowest BCUT2D eigenvalue weighted by Gasteiger charge is -2.33. The van der Waals surface area contributed by atoms with Crippen LogP contribution in [0, 0.1) is 5.92 Å². The Balaban J connectivity index is 1.55. The molecule has 1 amide bonds. The Morgan fingerprint density at radius 1 is 0.967 bits per heavy atom. The number of hydrogen-bond acceptors (Lipinski definition) is 4. The maximum Gasteiger partial charge on any atom is 0.219 e. The van der Waals surface area contributed by atoms with Crippen molar-refractivity contribution in [2.24, 2.45) is 5.92 Å². The Kier molecular flexibility index (Phi) is 6.38. The van der Waals surface area contributed by atoms with Crippen LogP contribution in [0.4, 0.5) is 5.82 Å². The zero-order valence-electron chi connectivity index (χ0n) is 17.4. The van der Waals surface area contributed by atoms with E-state index in [-0.39, 0.29) is 5.91 Å². The van der Waals surface area contributed by atoms with E-state index >= 15 is 0 Å². The lowest BCUT2D eigenvalue weighted by Crippen LogP contribution is -2.39. The van der Waals surface area contributed by atoms with E-state index < -0.39 is 0 Å². The molecule has 1 N–H and O–H groups in total. The van der Waals surface area contributed by atoms with Crippen LogP contribution in [0.2, 0.25) is 0 Å². The van der Waals surface area contributed by atoms with Crippen LogP contribution in [0.3, 0.4) is 0 Å². The molecule has 5 heteroatoms. The highest BCUT2D eigenvalue weighted by molar-refractivity contribution is 5.78. The molecule has 154 valence electrons. The molecular formula is C25H28N4O. The minimum atomic E-state index is 0.132. The predicted molar refractivity (Wildman–Crippen MR) is 121 cm³/mol. The molecule has 3 aromatic rings. The van der Waals surface area contributed by atoms with E-state index in [1.165, 1.54) is 0 Å². The molecular weight excluding hydrogens is 372 g/mol. The second-order valence-corrected chi connectivity index (χ2v) is 7.75. The second-order valence-electron chi connectivity index (χ2n) is 7.75. The number of aromatic nitrogens is 2. The fourth-order valence-corrected chi connectivity index (χ4v) is 3.89. The summed E-state index contributed by atoms with van der Waals surface area (Å²) in [6.45, 7) is 4.52. The predicted octanol–water partition coefficient (Wildman–Crippen LogP) is 4.55. The maximum absolute atomic E-state index is 11.5. The van der Waals surface area contributed by atoms with Crippen molar-refractivity contribution < 1.29 is 4.79 Å². The van der Waals surface area contributed by atoms with Crippen LogP contribution in [0.1, 0.15) is 26.2 Å². The number of piperidine rings is 1. The number of carbonyl (C=O) groups is 1. The summed E-state index contributed by atoms with van der Waals surface area (Å²) in [6, 6.07) is 20.5. The van der Waals surface area contributed by atoms with Gasteiger partial charge in [-0.1, -0.05) is 67.6 Å². The van der Waals surface area contributed by atoms with Gasteiger partial charge < -0.3 is 10.2 Å². The molecule has 0 bridgehead atoms. The average Bonchev–Trinajstić information content (AvgIpc) is 2.83. The Bertz CT molecular complexity index is 967. The summed E-state index contributed by atoms with van der Waals surface area (Å²) in [5.74, 6) is 1.58. The summed E-state index contributed by atoms with van der Waals surface area (Å²) in [5, 5.41) is 3.03. The van der Waals surface area contributed by atoms with E-state index in [1.54, 1.807) is 0 Å². The first kappa shape index (κ1) is 20.1. The van der Waals surface area contributed by atoms with Crippen molar-refractivity contribution in [3.8, 4) is 22.5 Å². The van der Waals surface area contributed by atoms with Crippen LogP contribution in [-0.4, -0.2) is 35.5 Å². The minimum Gasteiger partial charge on any atom is -0.356 e. The van der Waals surface area contributed by atoms with E-state index in [0.717, 1.165) is 60.8 Å². The quantitative estimate of drug-likeness (QED) is 0.659. The number of nitrogens with one attached hydrogen (secondary N) is 1. The summed E-state index contributed by atoms with van der Waals surface area (Å²) < 4.78 is 0. The third-order valence-corrected chi connectivity index (χ3v) is 5.70. The van der Waals surface area contributed by atoms with E-state index in [1.807, 2.05) is 49.5 Å². The van der Waals surface area contributed by atoms with Gasteiger partial charge in [-0.15, -0.1) is 0 Å². The van der Waals surface area contributed by atoms with E-state index in [9.17, 15) is 4.79 Å². The van der Waals surface area contributed by atoms with Crippen LogP contribution < -0.4 is 10.2 Å². The van der Waals surface area contributed by atoms with Crippen molar-refractivity contribution >= 4 is 11.7 Å². The molecule has 2 aromatic carbocycles. The number of nitrogens with zero attached hydrogens (tertiary/aromatic N) is 3. The summed E-state index contributed by atoms with van der Waals surface area (Å²) >= 11 is 0. The summed E-state index contributed by atoms with van der Waals surface area (Å²) in [7, 11) is 0. The first-order valence-corrected chi connectivity index (χ1v) is 10.7. The molecule has 2 heterocycles. The van der Waals surface area contributed by atoms with Crippen LogP contribution in [-0.2, 0) is 4.79 Å². The molecule has 1 saturated heterocycles. The van der Waals surface area contributed by atoms with Gasteiger partial charge in [0, 0.05) is 37.2 Å². The van der Waals surface area contributed by atoms with Crippen LogP contribution in [0.25, 0.3) is 22.5 Å². The van der Waals surface area contributed by atoms with E-state index in [4.69, 9.17) is 9.97 Å². The molecule has 1 fully saturated rings. The molecule has 1 aliphatic heterocycles. The fourth-order valence-electron chi connectivity index (χ4n) is 3.89. The Labute approximate surface area is 178 Å². The topological polar surface area (TPSA) is 58.1 Å². The Morgan fingerprint density at radius 2 is 1.57 bits per heavy atom. The minimum absolute atomic E-state index is 0.132. The van der Waals surface area contributed by atoms with Crippen molar-refractivity contribution in [3.63, 3.8) is 0 Å². The Morgan fingerprint density at radius 3 is 2.17 bits per heavy atom. The van der Waals surface area contributed by atoms with Gasteiger partial charge in [-0.25, -0.2) is 4.98 Å². The highest BCUT2D eigenvalue weighted by atomic mass is 16.1. The normalized spacial score (nSPS) is 14.5. The van der Waals surface area contributed by atoms with E-state index in [2.05, 4.69) is 34.5 Å². The molecule has 1 aliphatic rings. The van der Waals surface area contributed by atoms with Gasteiger partial charge in [0.25, 0.3) is 0 Å². The Hall–Kier alpha value is -3.21. The molecule has 30 heavy (non-hydrogen) atoms. The van der Waals surface area contributed by atoms with Gasteiger partial charge in [-0.05, 0) is 18.8 Å². The zero-order chi connectivity index (χ0) is 20.8. The number of carbonyl (C=O) groups excluding carboxylic acids is 1. The highest BCUT2D eigenvalue weighted by Gasteiger charge is 2.22. The van der Waals surface area contributed by atoms with Crippen molar-refractivity contribution in [2.75, 3.05) is 24.5 Å². The lowest BCUT2D eigenvalue weighted by atomic mass is 9.96. The van der Waals surface area contributed by atoms with Crippen LogP contribution in [0.15, 0.2) is 66.9 Å². The summed E-state index contributed by atoms with van der Waals surface area (Å²) in [6.07, 6.45) is 4.54. The molecule has 0 radical (unpaired) electrons. The monoisotopic (exact) mass is 400 g/mol. The highest BCUT2D eigenvalue weighted by Crippen LogP contribution is 2.31. The molecule has 0 unspecified atom stereocenters. The van der Waals surface area contributed by atoms with Crippen molar-refractivity contribution in [1.29, 1.82) is 0 Å². The van der Waals surface area contributed by atoms with Crippen molar-refractivity contribution in [2.45, 2.75) is 26.2 Å². The van der Waals surface area contributed by atoms with Crippen LogP contribution >= 0.6 is 0 Å². The third-order valence-electron chi connectivity index (χ3n) is 5.70. The van der Waals surface area contributed by atoms with Gasteiger partial charge in [0.05, 0.1) is 17.6 Å². The first-order chi connectivity index (χ1) is 14.7. The number of rotatable bonds is 6. The summed E-state index contributed by atoms with van der Waals surface area (Å²) in [5.41, 5.74) is 3.96. The van der Waals surface area contributed by atoms with Gasteiger partial charge >= 0.3 is 0 Å². The van der Waals surface area contributed by atoms with Crippen LogP contribution in [0.5, 0.6) is 0 Å². The van der Waals surface area contributed by atoms with Crippen molar-refractivity contribution in [1.82, 2.24) is 15.3 Å². The number of amides is 1. The van der Waals surface area contributed by atoms with Gasteiger partial charge in [0.2, 0.25) is 5.91 Å². The molecule has 0 aliphatic carbocycles. The zero-order valence-corrected chi connectivity index (χ0v) is 17.4. The average molecular weight is 401 g/mol. The maximum atomic E-state index is 11.5. The number of anilines is 1.